The number of hydrogen-bond donors (Lipinski definition) is 1. The number of sulfonamides is 1. The van der Waals surface area contributed by atoms with Crippen LogP contribution in [0.5, 0.6) is 0 Å². The highest BCUT2D eigenvalue weighted by Crippen LogP contribution is 2.28. The molecule has 0 spiro atoms. The summed E-state index contributed by atoms with van der Waals surface area (Å²) in [5.74, 6) is -0.150. The molecule has 3 rings (SSSR count). The third kappa shape index (κ3) is 5.35. The lowest BCUT2D eigenvalue weighted by Crippen LogP contribution is -2.58. The van der Waals surface area contributed by atoms with Crippen LogP contribution in [-0.2, 0) is 20.6 Å². The van der Waals surface area contributed by atoms with Gasteiger partial charge in [0.2, 0.25) is 15.9 Å². The van der Waals surface area contributed by atoms with Crippen LogP contribution in [0.25, 0.3) is 0 Å². The van der Waals surface area contributed by atoms with Crippen molar-refractivity contribution < 1.29 is 13.2 Å². The fourth-order valence-corrected chi connectivity index (χ4v) is 5.69. The van der Waals surface area contributed by atoms with Crippen molar-refractivity contribution in [3.05, 3.63) is 35.9 Å². The van der Waals surface area contributed by atoms with Crippen molar-refractivity contribution in [3.8, 4) is 6.07 Å². The molecule has 0 bridgehead atoms. The number of piperazine rings is 1. The zero-order valence-corrected chi connectivity index (χ0v) is 17.8. The number of hydrogen-bond acceptors (Lipinski definition) is 5. The molecule has 2 fully saturated rings. The molecule has 1 aliphatic carbocycles. The van der Waals surface area contributed by atoms with Crippen LogP contribution < -0.4 is 5.32 Å². The van der Waals surface area contributed by atoms with Crippen LogP contribution in [-0.4, -0.2) is 61.3 Å². The summed E-state index contributed by atoms with van der Waals surface area (Å²) in [4.78, 5) is 14.8. The van der Waals surface area contributed by atoms with Crippen LogP contribution >= 0.6 is 0 Å². The van der Waals surface area contributed by atoms with Crippen LogP contribution in [0.1, 0.15) is 44.6 Å². The Kier molecular flexibility index (Phi) is 6.93. The molecule has 1 aromatic rings. The number of carbonyl (C=O) groups excluding carboxylic acids is 1. The second kappa shape index (κ2) is 9.24. The summed E-state index contributed by atoms with van der Waals surface area (Å²) in [6.45, 7) is 3.58. The largest absolute Gasteiger partial charge is 0.336 e. The SMILES string of the molecule is CC(C(=O)NC1(C#N)CCCCC1)N1CCN(S(=O)(=O)Cc2ccccc2)CC1. The van der Waals surface area contributed by atoms with Crippen molar-refractivity contribution >= 4 is 15.9 Å². The van der Waals surface area contributed by atoms with E-state index >= 15 is 0 Å². The first-order valence-corrected chi connectivity index (χ1v) is 12.0. The first-order valence-electron chi connectivity index (χ1n) is 10.3. The van der Waals surface area contributed by atoms with E-state index in [9.17, 15) is 18.5 Å². The van der Waals surface area contributed by atoms with Crippen molar-refractivity contribution in [1.82, 2.24) is 14.5 Å². The third-order valence-corrected chi connectivity index (χ3v) is 7.92. The highest BCUT2D eigenvalue weighted by Gasteiger charge is 2.37. The molecule has 0 radical (unpaired) electrons. The van der Waals surface area contributed by atoms with E-state index in [1.54, 1.807) is 0 Å². The maximum atomic E-state index is 12.8. The predicted octanol–water partition coefficient (Wildman–Crippen LogP) is 1.87. The zero-order chi connectivity index (χ0) is 20.9. The standard InChI is InChI=1S/C21H30N4O3S/c1-18(20(26)23-21(17-22)10-6-3-7-11-21)24-12-14-25(15-13-24)29(27,28)16-19-8-4-2-5-9-19/h2,4-5,8-9,18H,3,6-7,10-16H2,1H3,(H,23,26). The van der Waals surface area contributed by atoms with Crippen molar-refractivity contribution in [1.29, 1.82) is 5.26 Å². The van der Waals surface area contributed by atoms with Gasteiger partial charge in [-0.25, -0.2) is 8.42 Å². The van der Waals surface area contributed by atoms with Crippen molar-refractivity contribution in [2.75, 3.05) is 26.2 Å². The van der Waals surface area contributed by atoms with E-state index in [1.165, 1.54) is 4.31 Å². The summed E-state index contributed by atoms with van der Waals surface area (Å²) in [5.41, 5.74) is 0.0294. The van der Waals surface area contributed by atoms with Gasteiger partial charge in [-0.1, -0.05) is 49.6 Å². The number of rotatable bonds is 6. The van der Waals surface area contributed by atoms with Crippen molar-refractivity contribution in [2.24, 2.45) is 0 Å². The van der Waals surface area contributed by atoms with Gasteiger partial charge in [-0.3, -0.25) is 9.69 Å². The van der Waals surface area contributed by atoms with Gasteiger partial charge in [-0.2, -0.15) is 9.57 Å². The van der Waals surface area contributed by atoms with Gasteiger partial charge in [0, 0.05) is 26.2 Å². The normalized spacial score (nSPS) is 21.8. The Balaban J connectivity index is 1.54. The van der Waals surface area contributed by atoms with Crippen LogP contribution in [0.4, 0.5) is 0 Å². The summed E-state index contributed by atoms with van der Waals surface area (Å²) < 4.78 is 26.9. The minimum absolute atomic E-state index is 0.00539. The fraction of sp³-hybridized carbons (Fsp3) is 0.619. The van der Waals surface area contributed by atoms with Crippen LogP contribution in [0.2, 0.25) is 0 Å². The molecule has 0 aromatic heterocycles. The number of amides is 1. The number of carbonyl (C=O) groups is 1. The van der Waals surface area contributed by atoms with Crippen LogP contribution in [0, 0.1) is 11.3 Å². The maximum Gasteiger partial charge on any atom is 0.238 e. The molecule has 29 heavy (non-hydrogen) atoms. The average Bonchev–Trinajstić information content (AvgIpc) is 2.74. The quantitative estimate of drug-likeness (QED) is 0.761. The fourth-order valence-electron chi connectivity index (χ4n) is 4.17. The summed E-state index contributed by atoms with van der Waals surface area (Å²) in [7, 11) is -3.38. The molecule has 1 unspecified atom stereocenters. The molecule has 1 saturated heterocycles. The number of benzene rings is 1. The number of nitrogens with zero attached hydrogens (tertiary/aromatic N) is 3. The summed E-state index contributed by atoms with van der Waals surface area (Å²) in [6, 6.07) is 11.1. The molecule has 8 heteroatoms. The van der Waals surface area contributed by atoms with Gasteiger partial charge in [-0.15, -0.1) is 0 Å². The number of nitrogens with one attached hydrogen (secondary N) is 1. The van der Waals surface area contributed by atoms with Gasteiger partial charge in [0.05, 0.1) is 17.9 Å². The molecule has 7 nitrogen and oxygen atoms in total. The molecular formula is C21H30N4O3S. The molecule has 1 amide bonds. The Labute approximate surface area is 173 Å². The van der Waals surface area contributed by atoms with Gasteiger partial charge < -0.3 is 5.32 Å². The van der Waals surface area contributed by atoms with Gasteiger partial charge in [-0.05, 0) is 25.3 Å². The average molecular weight is 419 g/mol. The van der Waals surface area contributed by atoms with Crippen molar-refractivity contribution in [2.45, 2.75) is 56.4 Å². The summed E-state index contributed by atoms with van der Waals surface area (Å²) in [5, 5.41) is 12.6. The van der Waals surface area contributed by atoms with E-state index in [-0.39, 0.29) is 17.7 Å². The van der Waals surface area contributed by atoms with E-state index in [2.05, 4.69) is 11.4 Å². The van der Waals surface area contributed by atoms with Gasteiger partial charge >= 0.3 is 0 Å². The smallest absolute Gasteiger partial charge is 0.238 e. The second-order valence-electron chi connectivity index (χ2n) is 8.10. The lowest BCUT2D eigenvalue weighted by Gasteiger charge is -2.38. The zero-order valence-electron chi connectivity index (χ0n) is 17.0. The molecule has 2 aliphatic rings. The Hall–Kier alpha value is -1.95. The lowest BCUT2D eigenvalue weighted by atomic mass is 9.82. The summed E-state index contributed by atoms with van der Waals surface area (Å²) >= 11 is 0. The molecule has 1 saturated carbocycles. The maximum absolute atomic E-state index is 12.8. The molecule has 158 valence electrons. The molecular weight excluding hydrogens is 388 g/mol. The molecule has 1 heterocycles. The van der Waals surface area contributed by atoms with Gasteiger partial charge in [0.1, 0.15) is 5.54 Å². The molecule has 1 aromatic carbocycles. The topological polar surface area (TPSA) is 93.5 Å². The molecule has 1 atom stereocenters. The predicted molar refractivity (Wildman–Crippen MR) is 111 cm³/mol. The van der Waals surface area contributed by atoms with E-state index < -0.39 is 15.6 Å². The van der Waals surface area contributed by atoms with E-state index in [0.29, 0.717) is 39.0 Å². The Morgan fingerprint density at radius 3 is 2.34 bits per heavy atom. The minimum atomic E-state index is -3.38. The van der Waals surface area contributed by atoms with Gasteiger partial charge in [0.15, 0.2) is 0 Å². The monoisotopic (exact) mass is 418 g/mol. The first-order chi connectivity index (χ1) is 13.9. The summed E-state index contributed by atoms with van der Waals surface area (Å²) in [6.07, 6.45) is 4.43. The van der Waals surface area contributed by atoms with Crippen LogP contribution in [0.15, 0.2) is 30.3 Å². The second-order valence-corrected chi connectivity index (χ2v) is 10.1. The van der Waals surface area contributed by atoms with E-state index in [0.717, 1.165) is 24.8 Å². The third-order valence-electron chi connectivity index (χ3n) is 6.07. The minimum Gasteiger partial charge on any atom is -0.336 e. The number of nitriles is 1. The molecule has 1 aliphatic heterocycles. The van der Waals surface area contributed by atoms with Crippen LogP contribution in [0.3, 0.4) is 0 Å². The van der Waals surface area contributed by atoms with Crippen molar-refractivity contribution in [3.63, 3.8) is 0 Å². The highest BCUT2D eigenvalue weighted by molar-refractivity contribution is 7.88. The Morgan fingerprint density at radius 2 is 1.76 bits per heavy atom. The van der Waals surface area contributed by atoms with E-state index in [4.69, 9.17) is 0 Å². The molecule has 1 N–H and O–H groups in total. The Bertz CT molecular complexity index is 836. The van der Waals surface area contributed by atoms with Gasteiger partial charge in [0.25, 0.3) is 0 Å². The Morgan fingerprint density at radius 1 is 1.14 bits per heavy atom. The lowest BCUT2D eigenvalue weighted by molar-refractivity contribution is -0.128. The van der Waals surface area contributed by atoms with E-state index in [1.807, 2.05) is 42.2 Å². The first kappa shape index (κ1) is 21.8. The highest BCUT2D eigenvalue weighted by atomic mass is 32.2.